The maximum atomic E-state index is 5.72. The number of hydroxylamine groups is 2. The van der Waals surface area contributed by atoms with Crippen LogP contribution in [0.4, 0.5) is 0 Å². The van der Waals surface area contributed by atoms with Crippen LogP contribution in [0, 0.1) is 0 Å². The van der Waals surface area contributed by atoms with Crippen LogP contribution < -0.4 is 0 Å². The van der Waals surface area contributed by atoms with Gasteiger partial charge in [-0.25, -0.2) is 5.06 Å². The molecule has 5 rings (SSSR count). The van der Waals surface area contributed by atoms with E-state index in [0.717, 1.165) is 46.5 Å². The second-order valence-corrected chi connectivity index (χ2v) is 9.09. The van der Waals surface area contributed by atoms with Gasteiger partial charge in [-0.1, -0.05) is 61.5 Å². The minimum absolute atomic E-state index is 0.0503. The summed E-state index contributed by atoms with van der Waals surface area (Å²) in [5.41, 5.74) is 7.52. The first kappa shape index (κ1) is 22.2. The number of benzene rings is 2. The van der Waals surface area contributed by atoms with Gasteiger partial charge in [-0.05, 0) is 41.1 Å². The molecule has 0 bridgehead atoms. The molecule has 0 spiro atoms. The number of tetrazole rings is 1. The van der Waals surface area contributed by atoms with Crippen molar-refractivity contribution in [3.05, 3.63) is 87.8 Å². The van der Waals surface area contributed by atoms with Crippen molar-refractivity contribution in [3.63, 3.8) is 0 Å². The Morgan fingerprint density at radius 3 is 2.41 bits per heavy atom. The van der Waals surface area contributed by atoms with E-state index in [-0.39, 0.29) is 6.17 Å². The summed E-state index contributed by atoms with van der Waals surface area (Å²) in [6.45, 7) is 4.26. The number of H-pyrrole nitrogens is 1. The number of rotatable bonds is 7. The number of nitrogens with zero attached hydrogens (tertiary/aromatic N) is 5. The standard InChI is InChI=1S/C26H26N6OS/c1-4-24-27-25(23(17(2)32(24)33-3)16-20-8-7-15-34-20)19-13-11-18(12-14-19)21-9-5-6-10-22(21)26-28-30-31-29-26/h5-15,24H,4,16H2,1-3H3,(H,28,29,30,31). The maximum Gasteiger partial charge on any atom is 0.205 e. The summed E-state index contributed by atoms with van der Waals surface area (Å²) in [6, 6.07) is 20.9. The number of aliphatic imine (C=N–C) groups is 1. The Balaban J connectivity index is 1.53. The quantitative estimate of drug-likeness (QED) is 0.385. The van der Waals surface area contributed by atoms with Gasteiger partial charge in [0.15, 0.2) is 0 Å². The van der Waals surface area contributed by atoms with Gasteiger partial charge in [-0.3, -0.25) is 9.83 Å². The molecule has 0 aliphatic carbocycles. The van der Waals surface area contributed by atoms with E-state index in [1.807, 2.05) is 23.3 Å². The normalized spacial score (nSPS) is 16.1. The minimum Gasteiger partial charge on any atom is -0.275 e. The van der Waals surface area contributed by atoms with Gasteiger partial charge < -0.3 is 0 Å². The van der Waals surface area contributed by atoms with Crippen LogP contribution in [0.5, 0.6) is 0 Å². The third-order valence-corrected chi connectivity index (χ3v) is 6.95. The predicted octanol–water partition coefficient (Wildman–Crippen LogP) is 5.51. The Labute approximate surface area is 202 Å². The molecule has 0 saturated carbocycles. The van der Waals surface area contributed by atoms with Crippen LogP contribution in [0.3, 0.4) is 0 Å². The highest BCUT2D eigenvalue weighted by molar-refractivity contribution is 7.09. The number of thiophene rings is 1. The van der Waals surface area contributed by atoms with Crippen LogP contribution in [-0.4, -0.2) is 44.7 Å². The van der Waals surface area contributed by atoms with Crippen LogP contribution in [-0.2, 0) is 11.3 Å². The molecule has 0 radical (unpaired) electrons. The van der Waals surface area contributed by atoms with E-state index in [9.17, 15) is 0 Å². The van der Waals surface area contributed by atoms with Crippen LogP contribution in [0.1, 0.15) is 30.7 Å². The van der Waals surface area contributed by atoms with Gasteiger partial charge in [-0.2, -0.15) is 5.21 Å². The number of hydrogen-bond donors (Lipinski definition) is 1. The molecular formula is C26H26N6OS. The smallest absolute Gasteiger partial charge is 0.205 e. The summed E-state index contributed by atoms with van der Waals surface area (Å²) in [4.78, 5) is 12.2. The Bertz CT molecular complexity index is 1310. The first-order chi connectivity index (χ1) is 16.7. The number of allylic oxidation sites excluding steroid dienone is 2. The first-order valence-electron chi connectivity index (χ1n) is 11.3. The molecule has 1 atom stereocenters. The monoisotopic (exact) mass is 470 g/mol. The van der Waals surface area contributed by atoms with E-state index in [1.54, 1.807) is 18.4 Å². The Morgan fingerprint density at radius 1 is 1.00 bits per heavy atom. The van der Waals surface area contributed by atoms with Gasteiger partial charge in [0, 0.05) is 33.7 Å². The van der Waals surface area contributed by atoms with Crippen LogP contribution in [0.2, 0.25) is 0 Å². The Hall–Kier alpha value is -3.62. The zero-order chi connectivity index (χ0) is 23.5. The average Bonchev–Trinajstić information content (AvgIpc) is 3.60. The molecular weight excluding hydrogens is 444 g/mol. The van der Waals surface area contributed by atoms with Crippen molar-refractivity contribution in [1.82, 2.24) is 25.7 Å². The van der Waals surface area contributed by atoms with Crippen LogP contribution in [0.25, 0.3) is 22.5 Å². The minimum atomic E-state index is -0.0503. The van der Waals surface area contributed by atoms with Gasteiger partial charge in [-0.15, -0.1) is 21.5 Å². The van der Waals surface area contributed by atoms with Crippen LogP contribution >= 0.6 is 11.3 Å². The second-order valence-electron chi connectivity index (χ2n) is 8.05. The molecule has 0 fully saturated rings. The topological polar surface area (TPSA) is 79.3 Å². The number of hydrogen-bond acceptors (Lipinski definition) is 7. The van der Waals surface area contributed by atoms with Crippen molar-refractivity contribution < 1.29 is 4.84 Å². The Morgan fingerprint density at radius 2 is 1.76 bits per heavy atom. The van der Waals surface area contributed by atoms with Crippen molar-refractivity contribution in [3.8, 4) is 22.5 Å². The van der Waals surface area contributed by atoms with Gasteiger partial charge in [0.25, 0.3) is 0 Å². The molecule has 34 heavy (non-hydrogen) atoms. The summed E-state index contributed by atoms with van der Waals surface area (Å²) in [6.07, 6.45) is 1.63. The van der Waals surface area contributed by atoms with E-state index in [0.29, 0.717) is 5.82 Å². The fourth-order valence-corrected chi connectivity index (χ4v) is 5.10. The lowest BCUT2D eigenvalue weighted by Gasteiger charge is -2.35. The molecule has 4 aromatic rings. The molecule has 2 aromatic heterocycles. The molecule has 172 valence electrons. The van der Waals surface area contributed by atoms with Crippen molar-refractivity contribution in [2.45, 2.75) is 32.9 Å². The highest BCUT2D eigenvalue weighted by atomic mass is 32.1. The lowest BCUT2D eigenvalue weighted by atomic mass is 9.93. The molecule has 8 heteroatoms. The fraction of sp³-hybridized carbons (Fsp3) is 0.231. The molecule has 0 amide bonds. The van der Waals surface area contributed by atoms with Crippen molar-refractivity contribution >= 4 is 17.0 Å². The lowest BCUT2D eigenvalue weighted by Crippen LogP contribution is -2.37. The van der Waals surface area contributed by atoms with Crippen LogP contribution in [0.15, 0.2) is 82.3 Å². The SMILES string of the molecule is CCC1N=C(c2ccc(-c3ccccc3-c3nn[nH]n3)cc2)C(Cc2cccs2)=C(C)N1OC. The summed E-state index contributed by atoms with van der Waals surface area (Å²) in [5.74, 6) is 0.582. The highest BCUT2D eigenvalue weighted by Crippen LogP contribution is 2.33. The van der Waals surface area contributed by atoms with Gasteiger partial charge in [0.05, 0.1) is 12.8 Å². The van der Waals surface area contributed by atoms with Gasteiger partial charge in [0.1, 0.15) is 6.17 Å². The molecule has 0 saturated heterocycles. The molecule has 1 aliphatic heterocycles. The number of nitrogens with one attached hydrogen (secondary N) is 1. The van der Waals surface area contributed by atoms with Gasteiger partial charge in [0.2, 0.25) is 5.82 Å². The van der Waals surface area contributed by atoms with Crippen molar-refractivity contribution in [2.75, 3.05) is 7.11 Å². The second kappa shape index (κ2) is 9.70. The zero-order valence-electron chi connectivity index (χ0n) is 19.4. The zero-order valence-corrected chi connectivity index (χ0v) is 20.2. The third-order valence-electron chi connectivity index (χ3n) is 6.08. The largest absolute Gasteiger partial charge is 0.275 e. The van der Waals surface area contributed by atoms with E-state index in [2.05, 4.69) is 82.3 Å². The van der Waals surface area contributed by atoms with E-state index in [1.165, 1.54) is 10.5 Å². The maximum absolute atomic E-state index is 5.72. The first-order valence-corrected chi connectivity index (χ1v) is 12.1. The molecule has 1 unspecified atom stereocenters. The highest BCUT2D eigenvalue weighted by Gasteiger charge is 2.28. The average molecular weight is 471 g/mol. The van der Waals surface area contributed by atoms with Gasteiger partial charge >= 0.3 is 0 Å². The Kier molecular flexibility index (Phi) is 6.33. The van der Waals surface area contributed by atoms with E-state index in [4.69, 9.17) is 9.83 Å². The summed E-state index contributed by atoms with van der Waals surface area (Å²) in [5, 5.41) is 18.6. The number of aromatic nitrogens is 4. The third kappa shape index (κ3) is 4.18. The van der Waals surface area contributed by atoms with E-state index < -0.39 is 0 Å². The summed E-state index contributed by atoms with van der Waals surface area (Å²) in [7, 11) is 1.71. The number of aromatic amines is 1. The van der Waals surface area contributed by atoms with Crippen molar-refractivity contribution in [1.29, 1.82) is 0 Å². The summed E-state index contributed by atoms with van der Waals surface area (Å²) >= 11 is 1.76. The molecule has 1 aliphatic rings. The summed E-state index contributed by atoms with van der Waals surface area (Å²) < 4.78 is 0. The molecule has 1 N–H and O–H groups in total. The lowest BCUT2D eigenvalue weighted by molar-refractivity contribution is -0.132. The predicted molar refractivity (Wildman–Crippen MR) is 135 cm³/mol. The molecule has 2 aromatic carbocycles. The van der Waals surface area contributed by atoms with E-state index >= 15 is 0 Å². The molecule has 3 heterocycles. The molecule has 7 nitrogen and oxygen atoms in total. The fourth-order valence-electron chi connectivity index (χ4n) is 4.38. The van der Waals surface area contributed by atoms with Crippen molar-refractivity contribution in [2.24, 2.45) is 4.99 Å².